The second kappa shape index (κ2) is 5.36. The molecule has 0 aliphatic heterocycles. The monoisotopic (exact) mass is 231 g/mol. The van der Waals surface area contributed by atoms with Crippen LogP contribution in [0.3, 0.4) is 0 Å². The Hall–Kier alpha value is -0.550. The summed E-state index contributed by atoms with van der Waals surface area (Å²) >= 11 is 3.21. The summed E-state index contributed by atoms with van der Waals surface area (Å²) in [5.41, 5.74) is 0.162. The number of rotatable bonds is 5. The fourth-order valence-corrected chi connectivity index (χ4v) is 2.76. The lowest BCUT2D eigenvalue weighted by Crippen LogP contribution is -1.96. The molecule has 78 valence electrons. The zero-order valence-corrected chi connectivity index (χ0v) is 9.82. The first-order valence-corrected chi connectivity index (χ1v) is 6.38. The Bertz CT molecular complexity index is 310. The van der Waals surface area contributed by atoms with Crippen molar-refractivity contribution in [3.05, 3.63) is 16.1 Å². The Morgan fingerprint density at radius 1 is 1.71 bits per heavy atom. The number of thiazole rings is 1. The van der Waals surface area contributed by atoms with Crippen molar-refractivity contribution < 1.29 is 9.90 Å². The van der Waals surface area contributed by atoms with E-state index >= 15 is 0 Å². The zero-order chi connectivity index (χ0) is 10.6. The van der Waals surface area contributed by atoms with Crippen LogP contribution in [0.5, 0.6) is 0 Å². The van der Waals surface area contributed by atoms with Crippen molar-refractivity contribution in [2.75, 3.05) is 5.75 Å². The van der Waals surface area contributed by atoms with E-state index < -0.39 is 5.97 Å². The van der Waals surface area contributed by atoms with Crippen LogP contribution >= 0.6 is 23.1 Å². The van der Waals surface area contributed by atoms with Crippen molar-refractivity contribution >= 4 is 29.1 Å². The molecule has 3 nitrogen and oxygen atoms in total. The lowest BCUT2D eigenvalue weighted by molar-refractivity contribution is 0.0691. The minimum atomic E-state index is -0.943. The molecule has 0 unspecified atom stereocenters. The van der Waals surface area contributed by atoms with Crippen molar-refractivity contribution in [3.63, 3.8) is 0 Å². The SMILES string of the molecule is CC(C)CSCc1nc(C(=O)O)cs1. The van der Waals surface area contributed by atoms with Crippen molar-refractivity contribution in [1.29, 1.82) is 0 Å². The summed E-state index contributed by atoms with van der Waals surface area (Å²) in [5, 5.41) is 11.1. The molecule has 1 aromatic heterocycles. The molecule has 0 spiro atoms. The summed E-state index contributed by atoms with van der Waals surface area (Å²) in [4.78, 5) is 14.5. The number of thioether (sulfide) groups is 1. The smallest absolute Gasteiger partial charge is 0.355 e. The Labute approximate surface area is 91.6 Å². The highest BCUT2D eigenvalue weighted by molar-refractivity contribution is 7.98. The van der Waals surface area contributed by atoms with Gasteiger partial charge in [0.1, 0.15) is 5.01 Å². The molecule has 1 aromatic rings. The van der Waals surface area contributed by atoms with Crippen LogP contribution in [0.25, 0.3) is 0 Å². The van der Waals surface area contributed by atoms with Gasteiger partial charge in [-0.1, -0.05) is 13.8 Å². The molecular weight excluding hydrogens is 218 g/mol. The van der Waals surface area contributed by atoms with Crippen molar-refractivity contribution in [1.82, 2.24) is 4.98 Å². The average Bonchev–Trinajstić information content (AvgIpc) is 2.52. The van der Waals surface area contributed by atoms with Gasteiger partial charge in [-0.15, -0.1) is 11.3 Å². The predicted molar refractivity (Wildman–Crippen MR) is 60.1 cm³/mol. The van der Waals surface area contributed by atoms with E-state index in [1.807, 2.05) is 0 Å². The molecule has 0 amide bonds. The molecule has 14 heavy (non-hydrogen) atoms. The summed E-state index contributed by atoms with van der Waals surface area (Å²) < 4.78 is 0. The van der Waals surface area contributed by atoms with Crippen molar-refractivity contribution in [2.45, 2.75) is 19.6 Å². The van der Waals surface area contributed by atoms with Gasteiger partial charge in [0.15, 0.2) is 5.69 Å². The summed E-state index contributed by atoms with van der Waals surface area (Å²) in [7, 11) is 0. The van der Waals surface area contributed by atoms with Gasteiger partial charge in [0.05, 0.1) is 0 Å². The normalized spacial score (nSPS) is 10.8. The van der Waals surface area contributed by atoms with Crippen LogP contribution < -0.4 is 0 Å². The summed E-state index contributed by atoms with van der Waals surface area (Å²) in [6, 6.07) is 0. The van der Waals surface area contributed by atoms with E-state index in [-0.39, 0.29) is 5.69 Å². The number of hydrogen-bond donors (Lipinski definition) is 1. The minimum Gasteiger partial charge on any atom is -0.476 e. The van der Waals surface area contributed by atoms with Crippen LogP contribution in [0.1, 0.15) is 29.3 Å². The molecular formula is C9H13NO2S2. The van der Waals surface area contributed by atoms with Crippen LogP contribution in [0.4, 0.5) is 0 Å². The van der Waals surface area contributed by atoms with Crippen LogP contribution in [-0.2, 0) is 5.75 Å². The van der Waals surface area contributed by atoms with Crippen LogP contribution in [0.15, 0.2) is 5.38 Å². The van der Waals surface area contributed by atoms with Crippen LogP contribution in [0.2, 0.25) is 0 Å². The maximum absolute atomic E-state index is 10.5. The number of aromatic carboxylic acids is 1. The number of nitrogens with zero attached hydrogens (tertiary/aromatic N) is 1. The standard InChI is InChI=1S/C9H13NO2S2/c1-6(2)3-13-5-8-10-7(4-14-8)9(11)12/h4,6H,3,5H2,1-2H3,(H,11,12). The quantitative estimate of drug-likeness (QED) is 0.846. The van der Waals surface area contributed by atoms with Gasteiger partial charge in [-0.2, -0.15) is 11.8 Å². The van der Waals surface area contributed by atoms with Gasteiger partial charge in [-0.25, -0.2) is 9.78 Å². The number of hydrogen-bond acceptors (Lipinski definition) is 4. The lowest BCUT2D eigenvalue weighted by Gasteiger charge is -2.01. The van der Waals surface area contributed by atoms with Gasteiger partial charge < -0.3 is 5.11 Å². The number of aromatic nitrogens is 1. The van der Waals surface area contributed by atoms with Crippen LogP contribution in [0, 0.1) is 5.92 Å². The van der Waals surface area contributed by atoms with Gasteiger partial charge in [-0.3, -0.25) is 0 Å². The molecule has 0 fully saturated rings. The molecule has 0 aliphatic carbocycles. The molecule has 1 rings (SSSR count). The van der Waals surface area contributed by atoms with Crippen molar-refractivity contribution in [3.8, 4) is 0 Å². The lowest BCUT2D eigenvalue weighted by atomic mass is 10.3. The molecule has 0 saturated heterocycles. The third kappa shape index (κ3) is 3.67. The number of carboxylic acid groups (broad SMARTS) is 1. The maximum Gasteiger partial charge on any atom is 0.355 e. The first-order chi connectivity index (χ1) is 6.59. The average molecular weight is 231 g/mol. The topological polar surface area (TPSA) is 50.2 Å². The third-order valence-electron chi connectivity index (χ3n) is 1.45. The summed E-state index contributed by atoms with van der Waals surface area (Å²) in [6.07, 6.45) is 0. The van der Waals surface area contributed by atoms with Gasteiger partial charge in [0.25, 0.3) is 0 Å². The van der Waals surface area contributed by atoms with Gasteiger partial charge >= 0.3 is 5.97 Å². The largest absolute Gasteiger partial charge is 0.476 e. The first kappa shape index (κ1) is 11.5. The second-order valence-corrected chi connectivity index (χ2v) is 5.31. The Morgan fingerprint density at radius 2 is 2.43 bits per heavy atom. The van der Waals surface area contributed by atoms with E-state index in [9.17, 15) is 4.79 Å². The van der Waals surface area contributed by atoms with E-state index in [1.165, 1.54) is 11.3 Å². The van der Waals surface area contributed by atoms with E-state index in [2.05, 4.69) is 18.8 Å². The van der Waals surface area contributed by atoms with Gasteiger partial charge in [0, 0.05) is 11.1 Å². The highest BCUT2D eigenvalue weighted by Gasteiger charge is 2.08. The first-order valence-electron chi connectivity index (χ1n) is 4.35. The number of carbonyl (C=O) groups is 1. The van der Waals surface area contributed by atoms with Crippen molar-refractivity contribution in [2.24, 2.45) is 5.92 Å². The number of carboxylic acids is 1. The fraction of sp³-hybridized carbons (Fsp3) is 0.556. The van der Waals surface area contributed by atoms with E-state index in [1.54, 1.807) is 17.1 Å². The van der Waals surface area contributed by atoms with E-state index in [0.717, 1.165) is 16.5 Å². The molecule has 5 heteroatoms. The zero-order valence-electron chi connectivity index (χ0n) is 8.19. The summed E-state index contributed by atoms with van der Waals surface area (Å²) in [5.74, 6) is 1.62. The highest BCUT2D eigenvalue weighted by atomic mass is 32.2. The van der Waals surface area contributed by atoms with E-state index in [0.29, 0.717) is 5.92 Å². The van der Waals surface area contributed by atoms with Crippen LogP contribution in [-0.4, -0.2) is 21.8 Å². The minimum absolute atomic E-state index is 0.162. The van der Waals surface area contributed by atoms with E-state index in [4.69, 9.17) is 5.11 Å². The van der Waals surface area contributed by atoms with Gasteiger partial charge in [0.2, 0.25) is 0 Å². The molecule has 0 radical (unpaired) electrons. The highest BCUT2D eigenvalue weighted by Crippen LogP contribution is 2.18. The molecule has 1 N–H and O–H groups in total. The second-order valence-electron chi connectivity index (χ2n) is 3.34. The molecule has 0 aromatic carbocycles. The summed E-state index contributed by atoms with van der Waals surface area (Å²) in [6.45, 7) is 4.33. The maximum atomic E-state index is 10.5. The molecule has 0 aliphatic rings. The Balaban J connectivity index is 2.40. The Morgan fingerprint density at radius 3 is 2.93 bits per heavy atom. The predicted octanol–water partition coefficient (Wildman–Crippen LogP) is 2.73. The third-order valence-corrected chi connectivity index (χ3v) is 3.86. The molecule has 0 saturated carbocycles. The van der Waals surface area contributed by atoms with Gasteiger partial charge in [-0.05, 0) is 11.7 Å². The fourth-order valence-electron chi connectivity index (χ4n) is 0.857. The molecule has 0 atom stereocenters. The molecule has 0 bridgehead atoms. The Kier molecular flexibility index (Phi) is 4.41. The molecule has 1 heterocycles.